The molecule has 9 heteroatoms. The molecule has 3 aromatic rings. The summed E-state index contributed by atoms with van der Waals surface area (Å²) in [5, 5.41) is 17.4. The summed E-state index contributed by atoms with van der Waals surface area (Å²) >= 11 is 7.43. The lowest BCUT2D eigenvalue weighted by atomic mass is 9.99. The van der Waals surface area contributed by atoms with Crippen LogP contribution in [0.3, 0.4) is 0 Å². The van der Waals surface area contributed by atoms with E-state index < -0.39 is 30.0 Å². The smallest absolute Gasteiger partial charge is 0.254 e. The van der Waals surface area contributed by atoms with Gasteiger partial charge in [0.1, 0.15) is 6.04 Å². The van der Waals surface area contributed by atoms with Crippen LogP contribution in [0, 0.1) is 6.92 Å². The first-order valence-electron chi connectivity index (χ1n) is 12.8. The fraction of sp³-hybridized carbons (Fsp3) is 0.300. The average Bonchev–Trinajstić information content (AvgIpc) is 3.33. The molecular formula is C30H32ClN3O4S. The van der Waals surface area contributed by atoms with Crippen LogP contribution in [0.1, 0.15) is 34.0 Å². The van der Waals surface area contributed by atoms with Crippen molar-refractivity contribution in [1.82, 2.24) is 15.5 Å². The van der Waals surface area contributed by atoms with Gasteiger partial charge in [-0.1, -0.05) is 73.1 Å². The summed E-state index contributed by atoms with van der Waals surface area (Å²) in [7, 11) is 0. The van der Waals surface area contributed by atoms with Crippen molar-refractivity contribution in [3.8, 4) is 0 Å². The molecule has 204 valence electrons. The zero-order chi connectivity index (χ0) is 27.9. The van der Waals surface area contributed by atoms with Gasteiger partial charge in [0.15, 0.2) is 6.10 Å². The van der Waals surface area contributed by atoms with Gasteiger partial charge < -0.3 is 20.6 Å². The second kappa shape index (κ2) is 13.2. The molecule has 1 aliphatic rings. The fourth-order valence-corrected chi connectivity index (χ4v) is 5.84. The number of benzene rings is 3. The first-order valence-corrected chi connectivity index (χ1v) is 14.2. The predicted octanol–water partition coefficient (Wildman–Crippen LogP) is 3.96. The number of hydrogen-bond donors (Lipinski definition) is 3. The van der Waals surface area contributed by atoms with Crippen molar-refractivity contribution in [2.45, 2.75) is 50.3 Å². The summed E-state index contributed by atoms with van der Waals surface area (Å²) in [6.45, 7) is 4.22. The van der Waals surface area contributed by atoms with Crippen molar-refractivity contribution >= 4 is 41.1 Å². The fourth-order valence-electron chi connectivity index (χ4n) is 4.58. The minimum Gasteiger partial charge on any atom is -0.381 e. The van der Waals surface area contributed by atoms with Crippen molar-refractivity contribution in [2.75, 3.05) is 5.88 Å². The Morgan fingerprint density at radius 3 is 2.38 bits per heavy atom. The van der Waals surface area contributed by atoms with Crippen molar-refractivity contribution < 1.29 is 19.5 Å². The molecular weight excluding hydrogens is 534 g/mol. The van der Waals surface area contributed by atoms with Gasteiger partial charge in [-0.25, -0.2) is 0 Å². The zero-order valence-corrected chi connectivity index (χ0v) is 23.4. The Balaban J connectivity index is 1.50. The first kappa shape index (κ1) is 28.7. The van der Waals surface area contributed by atoms with Gasteiger partial charge in [-0.2, -0.15) is 0 Å². The average molecular weight is 566 g/mol. The number of aryl methyl sites for hydroxylation is 1. The van der Waals surface area contributed by atoms with Gasteiger partial charge in [0.25, 0.3) is 11.8 Å². The Labute approximate surface area is 237 Å². The van der Waals surface area contributed by atoms with Gasteiger partial charge >= 0.3 is 0 Å². The summed E-state index contributed by atoms with van der Waals surface area (Å²) in [6, 6.07) is 21.8. The second-order valence-corrected chi connectivity index (χ2v) is 11.4. The molecule has 4 rings (SSSR count). The summed E-state index contributed by atoms with van der Waals surface area (Å²) in [5.74, 6) is -1.04. The molecule has 7 nitrogen and oxygen atoms in total. The number of hydrogen-bond acceptors (Lipinski definition) is 5. The van der Waals surface area contributed by atoms with E-state index in [1.165, 1.54) is 16.7 Å². The van der Waals surface area contributed by atoms with Crippen LogP contribution >= 0.6 is 23.4 Å². The van der Waals surface area contributed by atoms with Crippen LogP contribution in [0.2, 0.25) is 5.02 Å². The highest BCUT2D eigenvalue weighted by molar-refractivity contribution is 8.00. The number of nitrogens with one attached hydrogen (secondary N) is 2. The summed E-state index contributed by atoms with van der Waals surface area (Å²) in [5.41, 5.74) is 3.27. The highest BCUT2D eigenvalue weighted by Crippen LogP contribution is 2.30. The molecule has 39 heavy (non-hydrogen) atoms. The minimum atomic E-state index is -1.56. The molecule has 0 saturated carbocycles. The number of halogens is 1. The number of aliphatic hydroxyl groups excluding tert-OH is 1. The maximum Gasteiger partial charge on any atom is 0.254 e. The molecule has 1 heterocycles. The number of nitrogens with zero attached hydrogens (tertiary/aromatic N) is 1. The van der Waals surface area contributed by atoms with Crippen molar-refractivity contribution in [3.05, 3.63) is 106 Å². The first-order chi connectivity index (χ1) is 18.7. The van der Waals surface area contributed by atoms with E-state index in [9.17, 15) is 19.5 Å². The largest absolute Gasteiger partial charge is 0.381 e. The number of carbonyl (C=O) groups excluding carboxylic acids is 3. The van der Waals surface area contributed by atoms with Gasteiger partial charge in [0.2, 0.25) is 5.91 Å². The second-order valence-electron chi connectivity index (χ2n) is 9.62. The lowest BCUT2D eigenvalue weighted by Gasteiger charge is -2.30. The monoisotopic (exact) mass is 565 g/mol. The van der Waals surface area contributed by atoms with Gasteiger partial charge in [0.05, 0.1) is 11.9 Å². The van der Waals surface area contributed by atoms with Crippen LogP contribution in [0.4, 0.5) is 0 Å². The highest BCUT2D eigenvalue weighted by atomic mass is 35.5. The third kappa shape index (κ3) is 7.20. The number of amides is 3. The SMILES string of the molecule is Cc1ccccc1CNC(=O)[C@@H]1C(C)SCN1C(=O)[C@@H](O)C(Cc1ccccc1)NC(=O)c1ccc(Cl)cc1. The summed E-state index contributed by atoms with van der Waals surface area (Å²) < 4.78 is 0. The molecule has 3 amide bonds. The molecule has 1 aliphatic heterocycles. The van der Waals surface area contributed by atoms with E-state index >= 15 is 0 Å². The van der Waals surface area contributed by atoms with Crippen molar-refractivity contribution in [2.24, 2.45) is 0 Å². The highest BCUT2D eigenvalue weighted by Gasteiger charge is 2.43. The number of rotatable bonds is 9. The van der Waals surface area contributed by atoms with Gasteiger partial charge in [0, 0.05) is 22.4 Å². The minimum absolute atomic E-state index is 0.158. The Bertz CT molecular complexity index is 1310. The van der Waals surface area contributed by atoms with Crippen LogP contribution < -0.4 is 10.6 Å². The standard InChI is InChI=1S/C30H32ClN3O4S/c1-19-8-6-7-11-23(19)17-32-29(37)26-20(2)39-18-34(26)30(38)27(35)25(16-21-9-4-3-5-10-21)33-28(36)22-12-14-24(31)15-13-22/h3-15,20,25-27,35H,16-18H2,1-2H3,(H,32,37)(H,33,36)/t20?,25?,26-,27-/m0/s1. The van der Waals surface area contributed by atoms with Gasteiger partial charge in [-0.3, -0.25) is 14.4 Å². The lowest BCUT2D eigenvalue weighted by Crippen LogP contribution is -2.57. The molecule has 2 unspecified atom stereocenters. The Morgan fingerprint density at radius 1 is 1.03 bits per heavy atom. The van der Waals surface area contributed by atoms with E-state index in [0.717, 1.165) is 16.7 Å². The quantitative estimate of drug-likeness (QED) is 0.365. The Kier molecular flexibility index (Phi) is 9.67. The maximum absolute atomic E-state index is 13.6. The van der Waals surface area contributed by atoms with E-state index in [4.69, 9.17) is 11.6 Å². The van der Waals surface area contributed by atoms with E-state index in [2.05, 4.69) is 10.6 Å². The van der Waals surface area contributed by atoms with Crippen molar-refractivity contribution in [1.29, 1.82) is 0 Å². The summed E-state index contributed by atoms with van der Waals surface area (Å²) in [4.78, 5) is 41.3. The zero-order valence-electron chi connectivity index (χ0n) is 21.8. The van der Waals surface area contributed by atoms with Gasteiger partial charge in [-0.15, -0.1) is 11.8 Å². The third-order valence-electron chi connectivity index (χ3n) is 6.88. The van der Waals surface area contributed by atoms with Crippen LogP contribution in [-0.2, 0) is 22.6 Å². The number of thioether (sulfide) groups is 1. The Hall–Kier alpha value is -3.33. The summed E-state index contributed by atoms with van der Waals surface area (Å²) in [6.07, 6.45) is -1.33. The normalized spacial score (nSPS) is 18.3. The predicted molar refractivity (Wildman–Crippen MR) is 154 cm³/mol. The molecule has 3 N–H and O–H groups in total. The molecule has 1 saturated heterocycles. The van der Waals surface area contributed by atoms with E-state index in [0.29, 0.717) is 17.1 Å². The van der Waals surface area contributed by atoms with Gasteiger partial charge in [-0.05, 0) is 54.3 Å². The van der Waals surface area contributed by atoms with E-state index in [1.807, 2.05) is 68.4 Å². The Morgan fingerprint density at radius 2 is 1.69 bits per heavy atom. The van der Waals surface area contributed by atoms with E-state index in [-0.39, 0.29) is 23.5 Å². The molecule has 0 spiro atoms. The number of aliphatic hydroxyl groups is 1. The van der Waals surface area contributed by atoms with Crippen LogP contribution in [-0.4, -0.2) is 57.0 Å². The van der Waals surface area contributed by atoms with Crippen LogP contribution in [0.25, 0.3) is 0 Å². The lowest BCUT2D eigenvalue weighted by molar-refractivity contribution is -0.146. The topological polar surface area (TPSA) is 98.7 Å². The third-order valence-corrected chi connectivity index (χ3v) is 8.34. The molecule has 3 aromatic carbocycles. The number of carbonyl (C=O) groups is 3. The van der Waals surface area contributed by atoms with E-state index in [1.54, 1.807) is 24.3 Å². The molecule has 0 aliphatic carbocycles. The molecule has 0 bridgehead atoms. The van der Waals surface area contributed by atoms with Crippen LogP contribution in [0.15, 0.2) is 78.9 Å². The molecule has 1 fully saturated rings. The molecule has 0 aromatic heterocycles. The molecule has 0 radical (unpaired) electrons. The van der Waals surface area contributed by atoms with Crippen molar-refractivity contribution in [3.63, 3.8) is 0 Å². The van der Waals surface area contributed by atoms with Crippen LogP contribution in [0.5, 0.6) is 0 Å². The molecule has 4 atom stereocenters. The maximum atomic E-state index is 13.6.